The van der Waals surface area contributed by atoms with Gasteiger partial charge in [0, 0.05) is 166 Å². The van der Waals surface area contributed by atoms with E-state index < -0.39 is 91.3 Å². The predicted molar refractivity (Wildman–Crippen MR) is 461 cm³/mol. The van der Waals surface area contributed by atoms with Gasteiger partial charge in [-0.1, -0.05) is 13.0 Å². The molecule has 0 spiro atoms. The van der Waals surface area contributed by atoms with E-state index in [1.807, 2.05) is 18.7 Å². The number of unbranched alkanes of at least 4 members (excludes halogenated alkanes) is 6. The maximum absolute atomic E-state index is 14.1. The summed E-state index contributed by atoms with van der Waals surface area (Å²) in [5.74, 6) is -4.49. The second-order valence-electron chi connectivity index (χ2n) is 29.7. The molecule has 2 fully saturated rings. The van der Waals surface area contributed by atoms with E-state index in [0.717, 1.165) is 43.7 Å². The van der Waals surface area contributed by atoms with E-state index in [1.165, 1.54) is 113 Å². The molecule has 122 heavy (non-hydrogen) atoms. The van der Waals surface area contributed by atoms with Crippen LogP contribution in [0.2, 0.25) is 0 Å². The van der Waals surface area contributed by atoms with Crippen LogP contribution >= 0.6 is 11.8 Å². The van der Waals surface area contributed by atoms with Gasteiger partial charge in [0.1, 0.15) is 6.04 Å². The van der Waals surface area contributed by atoms with Crippen LogP contribution in [-0.2, 0) is 100 Å². The summed E-state index contributed by atoms with van der Waals surface area (Å²) < 4.78 is 36.2. The van der Waals surface area contributed by atoms with Crippen molar-refractivity contribution < 1.29 is 100 Å². The van der Waals surface area contributed by atoms with Gasteiger partial charge in [-0.3, -0.25) is 67.1 Å². The van der Waals surface area contributed by atoms with Gasteiger partial charge in [0.15, 0.2) is 0 Å². The highest BCUT2D eigenvalue weighted by Crippen LogP contribution is 2.34. The highest BCUT2D eigenvalue weighted by Gasteiger charge is 2.41. The molecule has 0 aliphatic carbocycles. The molecule has 2 aliphatic rings. The summed E-state index contributed by atoms with van der Waals surface area (Å²) in [5, 5.41) is 12.8. The first-order valence-electron chi connectivity index (χ1n) is 42.4. The third-order valence-corrected chi connectivity index (χ3v) is 21.8. The van der Waals surface area contributed by atoms with E-state index in [1.54, 1.807) is 4.90 Å². The van der Waals surface area contributed by atoms with Crippen LogP contribution < -0.4 is 49.9 Å². The minimum atomic E-state index is -1.01. The molecule has 4 atom stereocenters. The van der Waals surface area contributed by atoms with Crippen LogP contribution in [0, 0.1) is 0 Å². The van der Waals surface area contributed by atoms with Crippen molar-refractivity contribution in [2.75, 3.05) is 278 Å². The zero-order chi connectivity index (χ0) is 91.2. The van der Waals surface area contributed by atoms with Crippen molar-refractivity contribution in [3.8, 4) is 0 Å². The van der Waals surface area contributed by atoms with Gasteiger partial charge in [-0.2, -0.15) is 11.8 Å². The average Bonchev–Trinajstić information content (AvgIpc) is 1.66. The Morgan fingerprint density at radius 1 is 0.393 bits per heavy atom. The number of nitrogens with zero attached hydrogens (tertiary/aromatic N) is 11. The molecule has 1 unspecified atom stereocenters. The summed E-state index contributed by atoms with van der Waals surface area (Å²) in [6.45, 7) is 9.97. The molecular weight excluding hydrogens is 1610 g/mol. The van der Waals surface area contributed by atoms with Crippen LogP contribution in [-0.4, -0.2) is 438 Å². The van der Waals surface area contributed by atoms with Crippen LogP contribution in [0.5, 0.6) is 0 Å². The van der Waals surface area contributed by atoms with Gasteiger partial charge in [-0.05, 0) is 117 Å². The van der Waals surface area contributed by atoms with Gasteiger partial charge in [-0.15, -0.1) is 0 Å². The van der Waals surface area contributed by atoms with E-state index >= 15 is 0 Å². The van der Waals surface area contributed by atoms with Crippen LogP contribution in [0.3, 0.4) is 0 Å². The number of methoxy groups -OCH3 is 7. The van der Waals surface area contributed by atoms with Crippen molar-refractivity contribution in [1.29, 1.82) is 0 Å². The van der Waals surface area contributed by atoms with Crippen LogP contribution in [0.15, 0.2) is 12.4 Å². The molecule has 702 valence electrons. The second-order valence-corrected chi connectivity index (χ2v) is 31.0. The fraction of sp³-hybridized carbons (Fsp3) is 0.800. The van der Waals surface area contributed by atoms with E-state index in [9.17, 15) is 67.1 Å². The van der Waals surface area contributed by atoms with Crippen molar-refractivity contribution in [2.24, 2.45) is 28.7 Å². The van der Waals surface area contributed by atoms with E-state index in [4.69, 9.17) is 61.8 Å². The number of likely N-dealkylation sites (N-methyl/N-ethyl adjacent to an activating group) is 1. The van der Waals surface area contributed by atoms with Gasteiger partial charge in [0.2, 0.25) is 82.7 Å². The number of carbonyl (C=O) groups excluding carboxylic acids is 14. The second kappa shape index (κ2) is 68.2. The van der Waals surface area contributed by atoms with Crippen molar-refractivity contribution in [3.63, 3.8) is 0 Å². The molecule has 0 aromatic rings. The highest BCUT2D eigenvalue weighted by molar-refractivity contribution is 8.00. The number of rotatable bonds is 70. The first kappa shape index (κ1) is 112. The number of hydrogen-bond acceptors (Lipinski definition) is 28. The Morgan fingerprint density at radius 3 is 1.01 bits per heavy atom. The Morgan fingerprint density at radius 2 is 0.697 bits per heavy atom. The molecule has 14 N–H and O–H groups in total. The Bertz CT molecular complexity index is 3100. The van der Waals surface area contributed by atoms with Gasteiger partial charge in [0.05, 0.1) is 130 Å². The summed E-state index contributed by atoms with van der Waals surface area (Å²) in [4.78, 5) is 201. The Hall–Kier alpha value is -8.17. The van der Waals surface area contributed by atoms with E-state index in [0.29, 0.717) is 121 Å². The predicted octanol–water partition coefficient (Wildman–Crippen LogP) is -4.04. The van der Waals surface area contributed by atoms with Gasteiger partial charge >= 0.3 is 0 Å². The van der Waals surface area contributed by atoms with Crippen LogP contribution in [0.4, 0.5) is 0 Å². The number of primary amides is 1. The largest absolute Gasteiger partial charge is 0.383 e. The van der Waals surface area contributed by atoms with Crippen molar-refractivity contribution in [3.05, 3.63) is 12.4 Å². The monoisotopic (exact) mass is 1760 g/mol. The van der Waals surface area contributed by atoms with Crippen LogP contribution in [0.1, 0.15) is 117 Å². The van der Waals surface area contributed by atoms with Crippen molar-refractivity contribution in [2.45, 2.75) is 140 Å². The summed E-state index contributed by atoms with van der Waals surface area (Å²) in [6, 6.07) is -0.192. The molecular formula is C80H150N20O21S. The molecule has 41 nitrogen and oxygen atoms in total. The minimum absolute atomic E-state index is 0.00736. The van der Waals surface area contributed by atoms with Gasteiger partial charge in [0.25, 0.3) is 0 Å². The zero-order valence-electron chi connectivity index (χ0n) is 74.7. The number of nitrogens with two attached hydrogens (primary N) is 5. The lowest BCUT2D eigenvalue weighted by molar-refractivity contribution is -0.149. The summed E-state index contributed by atoms with van der Waals surface area (Å²) >= 11 is 1.95. The Labute approximate surface area is 726 Å². The van der Waals surface area contributed by atoms with Gasteiger partial charge < -0.3 is 137 Å². The normalized spacial score (nSPS) is 14.0. The lowest BCUT2D eigenvalue weighted by Crippen LogP contribution is -2.53. The number of nitrogens with one attached hydrogen (secondary N) is 4. The van der Waals surface area contributed by atoms with Crippen molar-refractivity contribution >= 4 is 94.5 Å². The third-order valence-electron chi connectivity index (χ3n) is 20.3. The lowest BCUT2D eigenvalue weighted by atomic mass is 10.0. The highest BCUT2D eigenvalue weighted by atomic mass is 32.2. The molecule has 14 amide bonds. The molecule has 0 radical (unpaired) electrons. The lowest BCUT2D eigenvalue weighted by Gasteiger charge is -2.32. The summed E-state index contributed by atoms with van der Waals surface area (Å²) in [7, 11) is 10.2. The van der Waals surface area contributed by atoms with Crippen molar-refractivity contribution in [1.82, 2.24) is 75.2 Å². The number of fused-ring (bicyclic) bond motifs is 1. The summed E-state index contributed by atoms with van der Waals surface area (Å²) in [6.07, 6.45) is 9.24. The molecule has 2 rings (SSSR count). The smallest absolute Gasteiger partial charge is 0.242 e. The Kier molecular flexibility index (Phi) is 62.5. The number of amides is 14. The molecule has 2 aliphatic heterocycles. The fourth-order valence-corrected chi connectivity index (χ4v) is 14.5. The topological polar surface area (TPSA) is 517 Å². The SMILES string of the molecule is C=C1N[C@H]2CSC(CCCCC(=O)NCCCC[C@H](NC(=O)CN(CCOC)C(=O)CN(CCOC)C(=O)CN(CCCCN)C(=O)CN(CCOC)C(C)=O)C(N)=O)[C@H]2N1.CCN(CCCCN)C(=O)CN(CCOC)C(=O)CN(CCOC)C(=O)CN(CCCCN)C(=O)CN(CCOC)C(=O)CN(CCCCN)C(=O)CN(CCOC)C(C)=O. The number of hydrogen-bond donors (Lipinski definition) is 9. The molecule has 2 heterocycles. The van der Waals surface area contributed by atoms with Crippen LogP contribution in [0.25, 0.3) is 0 Å². The number of thioether (sulfide) groups is 1. The molecule has 42 heteroatoms. The molecule has 0 bridgehead atoms. The van der Waals surface area contributed by atoms with E-state index in [-0.39, 0.29) is 181 Å². The average molecular weight is 1760 g/mol. The maximum atomic E-state index is 14.1. The molecule has 0 saturated carbocycles. The van der Waals surface area contributed by atoms with Gasteiger partial charge in [-0.25, -0.2) is 0 Å². The van der Waals surface area contributed by atoms with E-state index in [2.05, 4.69) is 27.8 Å². The molecule has 2 saturated heterocycles. The number of ether oxygens (including phenoxy) is 7. The first-order valence-corrected chi connectivity index (χ1v) is 43.5. The molecule has 0 aromatic carbocycles. The quantitative estimate of drug-likeness (QED) is 0.0262. The molecule has 0 aromatic heterocycles. The number of carbonyl (C=O) groups is 14. The third kappa shape index (κ3) is 47.6. The fourth-order valence-electron chi connectivity index (χ4n) is 12.9. The maximum Gasteiger partial charge on any atom is 0.242 e. The zero-order valence-corrected chi connectivity index (χ0v) is 75.5. The first-order chi connectivity index (χ1) is 58.5. The summed E-state index contributed by atoms with van der Waals surface area (Å²) in [5.41, 5.74) is 28.4. The standard InChI is InChI=1S/C40H78N10O11.C40H72N10O10S/c1-7-44(17-11-8-14-41)35(52)29-48(21-25-59-4)40(57)33-50(23-27-61-6)39(56)31-47(19-13-10-16-43)37(54)32-49(22-26-60-5)38(55)30-46(18-12-9-15-42)36(53)28-45(34(2)51)20-24-58-3;1-29-44-32-28-61-33(39(32)45-29)13-6-7-14-34(52)43-16-10-8-12-31(40(42)57)46-35(53)24-49(19-22-59-4)37(55)27-50(20-23-60-5)38(56)26-48(17-11-9-15-41)36(54)25-47(30(2)51)18-21-58-3/h7-33,41-43H2,1-6H3;31-33,39,44-45H,1,6-28,41H2,2-5H3,(H2,42,57)(H,43,52)(H,46,53)/t;31-,32-,33?,39-/m.0/s1. The minimum Gasteiger partial charge on any atom is -0.383 e. The Balaban J connectivity index is 0.00000122.